The van der Waals surface area contributed by atoms with Gasteiger partial charge in [-0.2, -0.15) is 0 Å². The molecule has 0 radical (unpaired) electrons. The standard InChI is InChI=1S/C15H17N3O2/c19-14(17-9-5-2-6-10-17)13-11-16-18(15(13)20)12-7-3-1-4-8-12/h1,3-4,7-8,11,16H,2,5-6,9-10H2. The normalized spacial score (nSPS) is 15.3. The number of piperidine rings is 1. The number of carbonyl (C=O) groups excluding carboxylic acids is 1. The molecule has 2 aromatic rings. The second kappa shape index (κ2) is 5.36. The topological polar surface area (TPSA) is 58.1 Å². The summed E-state index contributed by atoms with van der Waals surface area (Å²) in [6.45, 7) is 1.49. The van der Waals surface area contributed by atoms with Crippen LogP contribution in [-0.4, -0.2) is 33.7 Å². The summed E-state index contributed by atoms with van der Waals surface area (Å²) in [5, 5.41) is 2.87. The van der Waals surface area contributed by atoms with Crippen LogP contribution in [0.2, 0.25) is 0 Å². The van der Waals surface area contributed by atoms with E-state index >= 15 is 0 Å². The lowest BCUT2D eigenvalue weighted by molar-refractivity contribution is 0.0723. The molecule has 0 saturated carbocycles. The van der Waals surface area contributed by atoms with Gasteiger partial charge < -0.3 is 4.90 Å². The average Bonchev–Trinajstić information content (AvgIpc) is 2.90. The highest BCUT2D eigenvalue weighted by molar-refractivity contribution is 5.93. The van der Waals surface area contributed by atoms with Crippen molar-refractivity contribution < 1.29 is 4.79 Å². The van der Waals surface area contributed by atoms with Crippen molar-refractivity contribution in [3.63, 3.8) is 0 Å². The number of nitrogens with zero attached hydrogens (tertiary/aromatic N) is 2. The highest BCUT2D eigenvalue weighted by atomic mass is 16.2. The van der Waals surface area contributed by atoms with Crippen LogP contribution in [0.1, 0.15) is 29.6 Å². The number of aromatic amines is 1. The van der Waals surface area contributed by atoms with Gasteiger partial charge in [0.1, 0.15) is 5.56 Å². The van der Waals surface area contributed by atoms with Crippen LogP contribution in [0.25, 0.3) is 5.69 Å². The van der Waals surface area contributed by atoms with Gasteiger partial charge in [-0.15, -0.1) is 0 Å². The first-order valence-corrected chi connectivity index (χ1v) is 6.92. The van der Waals surface area contributed by atoms with Gasteiger partial charge in [0, 0.05) is 19.3 Å². The van der Waals surface area contributed by atoms with Crippen molar-refractivity contribution >= 4 is 5.91 Å². The molecule has 2 heterocycles. The Balaban J connectivity index is 1.90. The Bertz CT molecular complexity index is 651. The third kappa shape index (κ3) is 2.27. The molecule has 1 aromatic heterocycles. The minimum atomic E-state index is -0.285. The van der Waals surface area contributed by atoms with Crippen LogP contribution in [0.3, 0.4) is 0 Å². The number of amides is 1. The molecule has 0 unspecified atom stereocenters. The number of para-hydroxylation sites is 1. The highest BCUT2D eigenvalue weighted by Gasteiger charge is 2.22. The number of likely N-dealkylation sites (tertiary alicyclic amines) is 1. The van der Waals surface area contributed by atoms with Crippen molar-refractivity contribution in [2.24, 2.45) is 0 Å². The summed E-state index contributed by atoms with van der Waals surface area (Å²) in [6, 6.07) is 9.25. The summed E-state index contributed by atoms with van der Waals surface area (Å²) in [5.74, 6) is -0.166. The quantitative estimate of drug-likeness (QED) is 0.905. The van der Waals surface area contributed by atoms with E-state index in [1.807, 2.05) is 30.3 Å². The molecule has 1 fully saturated rings. The SMILES string of the molecule is O=C(c1c[nH]n(-c2ccccc2)c1=O)N1CCCCC1. The summed E-state index contributed by atoms with van der Waals surface area (Å²) in [5.41, 5.74) is 0.665. The molecule has 0 spiro atoms. The first kappa shape index (κ1) is 12.7. The van der Waals surface area contributed by atoms with Crippen LogP contribution >= 0.6 is 0 Å². The Morgan fingerprint density at radius 1 is 1.05 bits per heavy atom. The zero-order chi connectivity index (χ0) is 13.9. The van der Waals surface area contributed by atoms with E-state index in [-0.39, 0.29) is 17.0 Å². The molecule has 3 rings (SSSR count). The van der Waals surface area contributed by atoms with Crippen molar-refractivity contribution in [2.45, 2.75) is 19.3 Å². The fourth-order valence-corrected chi connectivity index (χ4v) is 2.56. The second-order valence-electron chi connectivity index (χ2n) is 5.02. The minimum Gasteiger partial charge on any atom is -0.338 e. The van der Waals surface area contributed by atoms with E-state index < -0.39 is 0 Å². The second-order valence-corrected chi connectivity index (χ2v) is 5.02. The van der Waals surface area contributed by atoms with Gasteiger partial charge in [0.2, 0.25) is 0 Å². The van der Waals surface area contributed by atoms with Crippen LogP contribution in [0.4, 0.5) is 0 Å². The number of carbonyl (C=O) groups is 1. The van der Waals surface area contributed by atoms with Gasteiger partial charge >= 0.3 is 0 Å². The van der Waals surface area contributed by atoms with E-state index in [2.05, 4.69) is 5.10 Å². The van der Waals surface area contributed by atoms with E-state index in [1.165, 1.54) is 10.9 Å². The first-order valence-electron chi connectivity index (χ1n) is 6.92. The number of aromatic nitrogens is 2. The predicted molar refractivity (Wildman–Crippen MR) is 76.1 cm³/mol. The van der Waals surface area contributed by atoms with Gasteiger partial charge in [-0.3, -0.25) is 14.7 Å². The average molecular weight is 271 g/mol. The molecule has 1 amide bonds. The summed E-state index contributed by atoms with van der Waals surface area (Å²) in [4.78, 5) is 26.5. The molecular formula is C15H17N3O2. The Labute approximate surface area is 116 Å². The van der Waals surface area contributed by atoms with Gasteiger partial charge in [0.15, 0.2) is 0 Å². The van der Waals surface area contributed by atoms with E-state index in [4.69, 9.17) is 0 Å². The highest BCUT2D eigenvalue weighted by Crippen LogP contribution is 2.12. The number of rotatable bonds is 2. The van der Waals surface area contributed by atoms with Crippen LogP contribution in [-0.2, 0) is 0 Å². The largest absolute Gasteiger partial charge is 0.338 e. The summed E-state index contributed by atoms with van der Waals surface area (Å²) >= 11 is 0. The van der Waals surface area contributed by atoms with Crippen LogP contribution in [0.5, 0.6) is 0 Å². The van der Waals surface area contributed by atoms with Crippen molar-refractivity contribution in [3.8, 4) is 5.69 Å². The van der Waals surface area contributed by atoms with Gasteiger partial charge in [0.25, 0.3) is 11.5 Å². The van der Waals surface area contributed by atoms with Crippen molar-refractivity contribution in [1.29, 1.82) is 0 Å². The third-order valence-corrected chi connectivity index (χ3v) is 3.66. The van der Waals surface area contributed by atoms with Crippen LogP contribution in [0.15, 0.2) is 41.3 Å². The molecule has 0 bridgehead atoms. The molecule has 1 aliphatic heterocycles. The number of H-pyrrole nitrogens is 1. The van der Waals surface area contributed by atoms with Crippen molar-refractivity contribution in [2.75, 3.05) is 13.1 Å². The molecule has 104 valence electrons. The number of benzene rings is 1. The number of hydrogen-bond donors (Lipinski definition) is 1. The fraction of sp³-hybridized carbons (Fsp3) is 0.333. The van der Waals surface area contributed by atoms with Gasteiger partial charge in [-0.05, 0) is 31.4 Å². The molecule has 1 N–H and O–H groups in total. The van der Waals surface area contributed by atoms with Crippen molar-refractivity contribution in [3.05, 3.63) is 52.4 Å². The maximum Gasteiger partial charge on any atom is 0.284 e. The van der Waals surface area contributed by atoms with Crippen molar-refractivity contribution in [1.82, 2.24) is 14.7 Å². The van der Waals surface area contributed by atoms with E-state index in [0.29, 0.717) is 0 Å². The van der Waals surface area contributed by atoms with Crippen LogP contribution in [0, 0.1) is 0 Å². The van der Waals surface area contributed by atoms with Gasteiger partial charge in [-0.25, -0.2) is 4.68 Å². The fourth-order valence-electron chi connectivity index (χ4n) is 2.56. The zero-order valence-electron chi connectivity index (χ0n) is 11.2. The lowest BCUT2D eigenvalue weighted by Crippen LogP contribution is -2.38. The summed E-state index contributed by atoms with van der Waals surface area (Å²) < 4.78 is 1.40. The smallest absolute Gasteiger partial charge is 0.284 e. The molecule has 0 atom stereocenters. The molecule has 5 nitrogen and oxygen atoms in total. The van der Waals surface area contributed by atoms with Gasteiger partial charge in [-0.1, -0.05) is 18.2 Å². The number of nitrogens with one attached hydrogen (secondary N) is 1. The molecular weight excluding hydrogens is 254 g/mol. The summed E-state index contributed by atoms with van der Waals surface area (Å²) in [6.07, 6.45) is 4.70. The molecule has 20 heavy (non-hydrogen) atoms. The van der Waals surface area contributed by atoms with E-state index in [1.54, 1.807) is 4.90 Å². The zero-order valence-corrected chi connectivity index (χ0v) is 11.2. The molecule has 1 aliphatic rings. The summed E-state index contributed by atoms with van der Waals surface area (Å²) in [7, 11) is 0. The monoisotopic (exact) mass is 271 g/mol. The third-order valence-electron chi connectivity index (χ3n) is 3.66. The molecule has 5 heteroatoms. The molecule has 1 saturated heterocycles. The van der Waals surface area contributed by atoms with Crippen LogP contribution < -0.4 is 5.56 Å². The molecule has 1 aromatic carbocycles. The Morgan fingerprint density at radius 3 is 2.45 bits per heavy atom. The first-order chi connectivity index (χ1) is 9.77. The lowest BCUT2D eigenvalue weighted by atomic mass is 10.1. The minimum absolute atomic E-state index is 0.166. The van der Waals surface area contributed by atoms with E-state index in [9.17, 15) is 9.59 Å². The Morgan fingerprint density at radius 2 is 1.75 bits per heavy atom. The Hall–Kier alpha value is -2.30. The molecule has 0 aliphatic carbocycles. The van der Waals surface area contributed by atoms with E-state index in [0.717, 1.165) is 38.0 Å². The maximum absolute atomic E-state index is 12.4. The van der Waals surface area contributed by atoms with Gasteiger partial charge in [0.05, 0.1) is 5.69 Å². The maximum atomic E-state index is 12.4. The predicted octanol–water partition coefficient (Wildman–Crippen LogP) is 1.79. The lowest BCUT2D eigenvalue weighted by Gasteiger charge is -2.25. The number of hydrogen-bond acceptors (Lipinski definition) is 2. The Kier molecular flexibility index (Phi) is 3.41.